The molecule has 0 bridgehead atoms. The molecule has 0 atom stereocenters. The van der Waals surface area contributed by atoms with Gasteiger partial charge in [-0.15, -0.1) is 0 Å². The number of urea groups is 1. The minimum absolute atomic E-state index is 0.0178. The van der Waals surface area contributed by atoms with E-state index in [-0.39, 0.29) is 17.8 Å². The summed E-state index contributed by atoms with van der Waals surface area (Å²) < 4.78 is 12.9. The molecule has 1 saturated heterocycles. The average Bonchev–Trinajstić information content (AvgIpc) is 2.63. The summed E-state index contributed by atoms with van der Waals surface area (Å²) in [5, 5.41) is 3.11. The van der Waals surface area contributed by atoms with E-state index >= 15 is 0 Å². The molecular formula is C18H24FN3O2. The van der Waals surface area contributed by atoms with Gasteiger partial charge < -0.3 is 15.1 Å². The van der Waals surface area contributed by atoms with Gasteiger partial charge in [0.15, 0.2) is 0 Å². The summed E-state index contributed by atoms with van der Waals surface area (Å²) in [7, 11) is 0. The standard InChI is InChI=1S/C18H24FN3O2/c19-15-8-6-14(7-9-15)17(23)21-10-12-22(13-11-21)18(24)20-16-4-2-1-3-5-16/h6-9,16H,1-5,10-13H2,(H,20,24). The molecule has 3 amide bonds. The largest absolute Gasteiger partial charge is 0.335 e. The van der Waals surface area contributed by atoms with Crippen LogP contribution in [0.3, 0.4) is 0 Å². The summed E-state index contributed by atoms with van der Waals surface area (Å²) in [6.07, 6.45) is 5.76. The first-order chi connectivity index (χ1) is 11.6. The number of carbonyl (C=O) groups is 2. The van der Waals surface area contributed by atoms with Crippen molar-refractivity contribution in [2.75, 3.05) is 26.2 Å². The maximum Gasteiger partial charge on any atom is 0.317 e. The summed E-state index contributed by atoms with van der Waals surface area (Å²) in [4.78, 5) is 28.2. The Morgan fingerprint density at radius 2 is 1.50 bits per heavy atom. The van der Waals surface area contributed by atoms with Crippen molar-refractivity contribution in [3.05, 3.63) is 35.6 Å². The van der Waals surface area contributed by atoms with Crippen molar-refractivity contribution in [2.24, 2.45) is 0 Å². The van der Waals surface area contributed by atoms with Crippen LogP contribution in [0, 0.1) is 5.82 Å². The molecule has 0 radical (unpaired) electrons. The van der Waals surface area contributed by atoms with Crippen molar-refractivity contribution < 1.29 is 14.0 Å². The fourth-order valence-corrected chi connectivity index (χ4v) is 3.40. The first-order valence-electron chi connectivity index (χ1n) is 8.74. The SMILES string of the molecule is O=C(NC1CCCCC1)N1CCN(C(=O)c2ccc(F)cc2)CC1. The zero-order valence-electron chi connectivity index (χ0n) is 13.8. The summed E-state index contributed by atoms with van der Waals surface area (Å²) >= 11 is 0. The Labute approximate surface area is 141 Å². The zero-order chi connectivity index (χ0) is 16.9. The highest BCUT2D eigenvalue weighted by Gasteiger charge is 2.26. The third kappa shape index (κ3) is 4.04. The molecule has 1 aromatic carbocycles. The van der Waals surface area contributed by atoms with Crippen molar-refractivity contribution in [1.29, 1.82) is 0 Å². The Morgan fingerprint density at radius 1 is 0.917 bits per heavy atom. The van der Waals surface area contributed by atoms with Crippen molar-refractivity contribution in [3.63, 3.8) is 0 Å². The lowest BCUT2D eigenvalue weighted by Crippen LogP contribution is -2.54. The molecule has 2 aliphatic rings. The van der Waals surface area contributed by atoms with Crippen LogP contribution in [0.15, 0.2) is 24.3 Å². The average molecular weight is 333 g/mol. The minimum Gasteiger partial charge on any atom is -0.335 e. The van der Waals surface area contributed by atoms with E-state index in [0.717, 1.165) is 12.8 Å². The van der Waals surface area contributed by atoms with Gasteiger partial charge in [0.25, 0.3) is 5.91 Å². The molecule has 5 nitrogen and oxygen atoms in total. The molecule has 1 saturated carbocycles. The predicted octanol–water partition coefficient (Wildman–Crippen LogP) is 2.63. The molecule has 1 aromatic rings. The molecule has 1 aliphatic heterocycles. The van der Waals surface area contributed by atoms with Gasteiger partial charge in [0, 0.05) is 37.8 Å². The monoisotopic (exact) mass is 333 g/mol. The highest BCUT2D eigenvalue weighted by molar-refractivity contribution is 5.94. The van der Waals surface area contributed by atoms with Gasteiger partial charge in [-0.05, 0) is 37.1 Å². The normalized spacial score (nSPS) is 19.2. The van der Waals surface area contributed by atoms with E-state index in [0.29, 0.717) is 37.8 Å². The number of nitrogens with zero attached hydrogens (tertiary/aromatic N) is 2. The van der Waals surface area contributed by atoms with Crippen molar-refractivity contribution >= 4 is 11.9 Å². The maximum atomic E-state index is 12.9. The Bertz CT molecular complexity index is 576. The number of benzene rings is 1. The Hall–Kier alpha value is -2.11. The van der Waals surface area contributed by atoms with Crippen LogP contribution >= 0.6 is 0 Å². The summed E-state index contributed by atoms with van der Waals surface area (Å²) in [6, 6.07) is 5.86. The second-order valence-electron chi connectivity index (χ2n) is 6.57. The molecule has 1 aliphatic carbocycles. The van der Waals surface area contributed by atoms with Gasteiger partial charge >= 0.3 is 6.03 Å². The number of hydrogen-bond donors (Lipinski definition) is 1. The van der Waals surface area contributed by atoms with Crippen LogP contribution in [0.2, 0.25) is 0 Å². The number of hydrogen-bond acceptors (Lipinski definition) is 2. The van der Waals surface area contributed by atoms with Crippen LogP contribution in [0.5, 0.6) is 0 Å². The smallest absolute Gasteiger partial charge is 0.317 e. The third-order valence-corrected chi connectivity index (χ3v) is 4.88. The molecule has 1 heterocycles. The fraction of sp³-hybridized carbons (Fsp3) is 0.556. The zero-order valence-corrected chi connectivity index (χ0v) is 13.8. The topological polar surface area (TPSA) is 52.7 Å². The fourth-order valence-electron chi connectivity index (χ4n) is 3.40. The van der Waals surface area contributed by atoms with E-state index in [9.17, 15) is 14.0 Å². The van der Waals surface area contributed by atoms with Gasteiger partial charge in [0.1, 0.15) is 5.82 Å². The van der Waals surface area contributed by atoms with Gasteiger partial charge in [0.2, 0.25) is 0 Å². The molecule has 0 spiro atoms. The molecule has 0 unspecified atom stereocenters. The number of carbonyl (C=O) groups excluding carboxylic acids is 2. The molecule has 0 aromatic heterocycles. The highest BCUT2D eigenvalue weighted by Crippen LogP contribution is 2.18. The number of nitrogens with one attached hydrogen (secondary N) is 1. The molecule has 2 fully saturated rings. The number of halogens is 1. The minimum atomic E-state index is -0.351. The van der Waals surface area contributed by atoms with E-state index in [2.05, 4.69) is 5.32 Å². The maximum absolute atomic E-state index is 12.9. The van der Waals surface area contributed by atoms with Crippen molar-refractivity contribution in [2.45, 2.75) is 38.1 Å². The Morgan fingerprint density at radius 3 is 2.12 bits per heavy atom. The lowest BCUT2D eigenvalue weighted by molar-refractivity contribution is 0.0662. The lowest BCUT2D eigenvalue weighted by atomic mass is 9.96. The van der Waals surface area contributed by atoms with Crippen LogP contribution in [-0.4, -0.2) is 54.0 Å². The second-order valence-corrected chi connectivity index (χ2v) is 6.57. The summed E-state index contributed by atoms with van der Waals surface area (Å²) in [5.41, 5.74) is 0.483. The molecule has 24 heavy (non-hydrogen) atoms. The number of amides is 3. The van der Waals surface area contributed by atoms with Crippen LogP contribution in [-0.2, 0) is 0 Å². The summed E-state index contributed by atoms with van der Waals surface area (Å²) in [5.74, 6) is -0.460. The van der Waals surface area contributed by atoms with Crippen molar-refractivity contribution in [1.82, 2.24) is 15.1 Å². The quantitative estimate of drug-likeness (QED) is 0.904. The van der Waals surface area contributed by atoms with Gasteiger partial charge in [-0.25, -0.2) is 9.18 Å². The van der Waals surface area contributed by atoms with E-state index in [1.165, 1.54) is 43.5 Å². The molecule has 3 rings (SSSR count). The van der Waals surface area contributed by atoms with Gasteiger partial charge in [-0.2, -0.15) is 0 Å². The van der Waals surface area contributed by atoms with E-state index in [4.69, 9.17) is 0 Å². The summed E-state index contributed by atoms with van der Waals surface area (Å²) in [6.45, 7) is 2.08. The van der Waals surface area contributed by atoms with E-state index in [1.807, 2.05) is 0 Å². The van der Waals surface area contributed by atoms with Crippen LogP contribution in [0.25, 0.3) is 0 Å². The predicted molar refractivity (Wildman–Crippen MR) is 89.3 cm³/mol. The van der Waals surface area contributed by atoms with Gasteiger partial charge in [-0.1, -0.05) is 19.3 Å². The molecule has 130 valence electrons. The second kappa shape index (κ2) is 7.64. The highest BCUT2D eigenvalue weighted by atomic mass is 19.1. The van der Waals surface area contributed by atoms with E-state index in [1.54, 1.807) is 9.80 Å². The number of rotatable bonds is 2. The van der Waals surface area contributed by atoms with Crippen molar-refractivity contribution in [3.8, 4) is 0 Å². The molecular weight excluding hydrogens is 309 g/mol. The Kier molecular flexibility index (Phi) is 5.33. The Balaban J connectivity index is 1.48. The molecule has 6 heteroatoms. The van der Waals surface area contributed by atoms with Gasteiger partial charge in [-0.3, -0.25) is 4.79 Å². The van der Waals surface area contributed by atoms with E-state index < -0.39 is 0 Å². The lowest BCUT2D eigenvalue weighted by Gasteiger charge is -2.36. The first kappa shape index (κ1) is 16.7. The van der Waals surface area contributed by atoms with Crippen LogP contribution in [0.4, 0.5) is 9.18 Å². The van der Waals surface area contributed by atoms with Gasteiger partial charge in [0.05, 0.1) is 0 Å². The molecule has 1 N–H and O–H groups in total. The third-order valence-electron chi connectivity index (χ3n) is 4.88. The van der Waals surface area contributed by atoms with Crippen LogP contribution in [0.1, 0.15) is 42.5 Å². The van der Waals surface area contributed by atoms with Crippen LogP contribution < -0.4 is 5.32 Å². The number of piperazine rings is 1. The first-order valence-corrected chi connectivity index (χ1v) is 8.74.